The van der Waals surface area contributed by atoms with Crippen molar-refractivity contribution in [1.29, 1.82) is 0 Å². The minimum Gasteiger partial charge on any atom is -0.369 e. The van der Waals surface area contributed by atoms with Gasteiger partial charge in [-0.15, -0.1) is 0 Å². The maximum atomic E-state index is 14.2. The first-order valence-electron chi connectivity index (χ1n) is 8.68. The SMILES string of the molecule is NC(=O)C(c1ccc(-n2cc(CC(F)(F)F)cn2)c(S(N)(=O)=O)c1)c1ccccc1F. The molecule has 0 fully saturated rings. The molecule has 4 N–H and O–H groups in total. The van der Waals surface area contributed by atoms with E-state index in [4.69, 9.17) is 10.9 Å². The van der Waals surface area contributed by atoms with Crippen LogP contribution in [-0.2, 0) is 21.2 Å². The van der Waals surface area contributed by atoms with Gasteiger partial charge in [0.15, 0.2) is 0 Å². The summed E-state index contributed by atoms with van der Waals surface area (Å²) in [6, 6.07) is 8.87. The standard InChI is InChI=1S/C19H16F4N4O3S/c20-14-4-2-1-3-13(14)17(18(24)28)12-5-6-15(16(7-12)31(25,29)30)27-10-11(9-26-27)8-19(21,22)23/h1-7,9-10,17H,8H2,(H2,24,28)(H2,25,29,30). The molecular formula is C19H16F4N4O3S. The Morgan fingerprint density at radius 1 is 1.16 bits per heavy atom. The van der Waals surface area contributed by atoms with Crippen molar-refractivity contribution in [3.63, 3.8) is 0 Å². The predicted octanol–water partition coefficient (Wildman–Crippen LogP) is 2.38. The Balaban J connectivity index is 2.13. The fourth-order valence-electron chi connectivity index (χ4n) is 3.15. The van der Waals surface area contributed by atoms with Gasteiger partial charge in [0, 0.05) is 11.8 Å². The van der Waals surface area contributed by atoms with Gasteiger partial charge in [-0.25, -0.2) is 22.6 Å². The summed E-state index contributed by atoms with van der Waals surface area (Å²) in [6.45, 7) is 0. The molecule has 1 unspecified atom stereocenters. The normalized spacial score (nSPS) is 13.2. The lowest BCUT2D eigenvalue weighted by atomic mass is 9.90. The van der Waals surface area contributed by atoms with Gasteiger partial charge in [-0.1, -0.05) is 24.3 Å². The number of alkyl halides is 3. The molecule has 0 aliphatic carbocycles. The van der Waals surface area contributed by atoms with Crippen molar-refractivity contribution in [2.24, 2.45) is 10.9 Å². The Morgan fingerprint density at radius 2 is 1.84 bits per heavy atom. The largest absolute Gasteiger partial charge is 0.393 e. The van der Waals surface area contributed by atoms with E-state index in [1.165, 1.54) is 30.3 Å². The van der Waals surface area contributed by atoms with Gasteiger partial charge in [-0.3, -0.25) is 4.79 Å². The monoisotopic (exact) mass is 456 g/mol. The Bertz CT molecular complexity index is 1240. The minimum absolute atomic E-state index is 0.0352. The van der Waals surface area contributed by atoms with Crippen LogP contribution in [-0.4, -0.2) is 30.3 Å². The van der Waals surface area contributed by atoms with Gasteiger partial charge in [0.05, 0.1) is 24.2 Å². The van der Waals surface area contributed by atoms with Crippen molar-refractivity contribution in [3.8, 4) is 5.69 Å². The summed E-state index contributed by atoms with van der Waals surface area (Å²) in [5.41, 5.74) is 5.05. The number of carbonyl (C=O) groups excluding carboxylic acids is 1. The lowest BCUT2D eigenvalue weighted by Gasteiger charge is -2.17. The Labute approximate surface area is 174 Å². The highest BCUT2D eigenvalue weighted by atomic mass is 32.2. The fourth-order valence-corrected chi connectivity index (χ4v) is 3.90. The maximum absolute atomic E-state index is 14.2. The summed E-state index contributed by atoms with van der Waals surface area (Å²) >= 11 is 0. The quantitative estimate of drug-likeness (QED) is 0.553. The third kappa shape index (κ3) is 5.09. The number of amides is 1. The number of halogens is 4. The van der Waals surface area contributed by atoms with E-state index in [2.05, 4.69) is 5.10 Å². The molecular weight excluding hydrogens is 440 g/mol. The van der Waals surface area contributed by atoms with Gasteiger partial charge in [0.2, 0.25) is 15.9 Å². The van der Waals surface area contributed by atoms with E-state index < -0.39 is 45.2 Å². The second-order valence-corrected chi connectivity index (χ2v) is 8.24. The smallest absolute Gasteiger partial charge is 0.369 e. The predicted molar refractivity (Wildman–Crippen MR) is 102 cm³/mol. The van der Waals surface area contributed by atoms with Gasteiger partial charge < -0.3 is 5.73 Å². The summed E-state index contributed by atoms with van der Waals surface area (Å²) in [5.74, 6) is -2.99. The number of sulfonamides is 1. The first-order valence-corrected chi connectivity index (χ1v) is 10.2. The number of nitrogens with two attached hydrogens (primary N) is 2. The van der Waals surface area contributed by atoms with Crippen LogP contribution in [0.4, 0.5) is 17.6 Å². The highest BCUT2D eigenvalue weighted by Crippen LogP contribution is 2.31. The summed E-state index contributed by atoms with van der Waals surface area (Å²) < 4.78 is 77.3. The van der Waals surface area contributed by atoms with Crippen LogP contribution in [0.1, 0.15) is 22.6 Å². The van der Waals surface area contributed by atoms with Gasteiger partial charge in [0.1, 0.15) is 10.7 Å². The third-order valence-corrected chi connectivity index (χ3v) is 5.35. The number of aromatic nitrogens is 2. The lowest BCUT2D eigenvalue weighted by molar-refractivity contribution is -0.127. The maximum Gasteiger partial charge on any atom is 0.393 e. The zero-order valence-corrected chi connectivity index (χ0v) is 16.5. The molecule has 12 heteroatoms. The van der Waals surface area contributed by atoms with Crippen LogP contribution in [0.2, 0.25) is 0 Å². The van der Waals surface area contributed by atoms with E-state index in [1.54, 1.807) is 0 Å². The lowest BCUT2D eigenvalue weighted by Crippen LogP contribution is -2.24. The van der Waals surface area contributed by atoms with Crippen LogP contribution in [0.15, 0.2) is 59.8 Å². The molecule has 3 rings (SSSR count). The molecule has 1 amide bonds. The fraction of sp³-hybridized carbons (Fsp3) is 0.158. The molecule has 1 atom stereocenters. The van der Waals surface area contributed by atoms with Crippen molar-refractivity contribution in [2.45, 2.75) is 23.4 Å². The van der Waals surface area contributed by atoms with Crippen LogP contribution in [0.25, 0.3) is 5.69 Å². The average Bonchev–Trinajstić information content (AvgIpc) is 3.09. The average molecular weight is 456 g/mol. The molecule has 0 aliphatic heterocycles. The van der Waals surface area contributed by atoms with Crippen molar-refractivity contribution in [2.75, 3.05) is 0 Å². The molecule has 0 aliphatic rings. The number of benzene rings is 2. The van der Waals surface area contributed by atoms with Crippen molar-refractivity contribution >= 4 is 15.9 Å². The van der Waals surface area contributed by atoms with Crippen LogP contribution in [0, 0.1) is 5.82 Å². The molecule has 2 aromatic carbocycles. The van der Waals surface area contributed by atoms with Gasteiger partial charge in [-0.05, 0) is 29.3 Å². The third-order valence-electron chi connectivity index (χ3n) is 4.41. The van der Waals surface area contributed by atoms with Gasteiger partial charge >= 0.3 is 6.18 Å². The van der Waals surface area contributed by atoms with E-state index in [0.29, 0.717) is 0 Å². The molecule has 164 valence electrons. The molecule has 3 aromatic rings. The number of nitrogens with zero attached hydrogens (tertiary/aromatic N) is 2. The molecule has 0 bridgehead atoms. The molecule has 31 heavy (non-hydrogen) atoms. The number of hydrogen-bond acceptors (Lipinski definition) is 4. The highest BCUT2D eigenvalue weighted by molar-refractivity contribution is 7.89. The van der Waals surface area contributed by atoms with E-state index in [1.807, 2.05) is 0 Å². The second kappa shape index (κ2) is 8.12. The van der Waals surface area contributed by atoms with E-state index in [9.17, 15) is 30.8 Å². The van der Waals surface area contributed by atoms with E-state index in [0.717, 1.165) is 29.2 Å². The van der Waals surface area contributed by atoms with E-state index >= 15 is 0 Å². The van der Waals surface area contributed by atoms with Crippen LogP contribution >= 0.6 is 0 Å². The summed E-state index contributed by atoms with van der Waals surface area (Å²) in [5, 5.41) is 9.05. The topological polar surface area (TPSA) is 121 Å². The van der Waals surface area contributed by atoms with Crippen LogP contribution in [0.5, 0.6) is 0 Å². The Kier molecular flexibility index (Phi) is 5.87. The van der Waals surface area contributed by atoms with Crippen molar-refractivity contribution in [3.05, 3.63) is 77.4 Å². The first-order chi connectivity index (χ1) is 14.4. The molecule has 1 aromatic heterocycles. The molecule has 0 saturated carbocycles. The highest BCUT2D eigenvalue weighted by Gasteiger charge is 2.29. The number of primary amides is 1. The second-order valence-electron chi connectivity index (χ2n) is 6.71. The molecule has 7 nitrogen and oxygen atoms in total. The van der Waals surface area contributed by atoms with E-state index in [-0.39, 0.29) is 22.4 Å². The number of primary sulfonamides is 1. The van der Waals surface area contributed by atoms with Crippen molar-refractivity contribution in [1.82, 2.24) is 9.78 Å². The minimum atomic E-state index is -4.48. The zero-order valence-electron chi connectivity index (χ0n) is 15.7. The molecule has 0 spiro atoms. The summed E-state index contributed by atoms with van der Waals surface area (Å²) in [7, 11) is -4.41. The van der Waals surface area contributed by atoms with Crippen LogP contribution < -0.4 is 10.9 Å². The van der Waals surface area contributed by atoms with Gasteiger partial charge in [-0.2, -0.15) is 18.3 Å². The molecule has 0 radical (unpaired) electrons. The molecule has 0 saturated heterocycles. The number of carbonyl (C=O) groups is 1. The Morgan fingerprint density at radius 3 is 2.42 bits per heavy atom. The zero-order chi connectivity index (χ0) is 23.0. The molecule has 1 heterocycles. The summed E-state index contributed by atoms with van der Waals surface area (Å²) in [4.78, 5) is 11.5. The summed E-state index contributed by atoms with van der Waals surface area (Å²) in [6.07, 6.45) is -3.78. The van der Waals surface area contributed by atoms with Gasteiger partial charge in [0.25, 0.3) is 0 Å². The van der Waals surface area contributed by atoms with Crippen molar-refractivity contribution < 1.29 is 30.8 Å². The first kappa shape index (κ1) is 22.4. The Hall–Kier alpha value is -3.25. The number of rotatable bonds is 6. The van der Waals surface area contributed by atoms with Crippen LogP contribution in [0.3, 0.4) is 0 Å². The number of hydrogen-bond donors (Lipinski definition) is 2.